The van der Waals surface area contributed by atoms with Gasteiger partial charge in [0.2, 0.25) is 0 Å². The minimum absolute atomic E-state index is 0.164. The molecule has 108 heavy (non-hydrogen) atoms. The van der Waals surface area contributed by atoms with E-state index in [1.807, 2.05) is 60.7 Å². The normalized spacial score (nSPS) is 12.8. The van der Waals surface area contributed by atoms with Crippen LogP contribution >= 0.6 is 0 Å². The van der Waals surface area contributed by atoms with Gasteiger partial charge in [0.25, 0.3) is 0 Å². The molecule has 0 saturated carbocycles. The van der Waals surface area contributed by atoms with E-state index in [0.29, 0.717) is 56.8 Å². The summed E-state index contributed by atoms with van der Waals surface area (Å²) in [5.74, 6) is 1.32. The van der Waals surface area contributed by atoms with E-state index in [1.54, 1.807) is 0 Å². The summed E-state index contributed by atoms with van der Waals surface area (Å²) in [6.07, 6.45) is 2.40. The summed E-state index contributed by atoms with van der Waals surface area (Å²) in [5.41, 5.74) is 26.0. The van der Waals surface area contributed by atoms with Crippen LogP contribution in [0.2, 0.25) is 0 Å². The molecule has 1 unspecified atom stereocenters. The van der Waals surface area contributed by atoms with Gasteiger partial charge in [0, 0.05) is 60.6 Å². The van der Waals surface area contributed by atoms with Gasteiger partial charge in [-0.15, -0.1) is 0 Å². The van der Waals surface area contributed by atoms with Crippen molar-refractivity contribution in [1.29, 1.82) is 5.26 Å². The van der Waals surface area contributed by atoms with E-state index in [0.717, 1.165) is 149 Å². The Hall–Kier alpha value is -14.5. The molecule has 0 amide bonds. The summed E-state index contributed by atoms with van der Waals surface area (Å²) in [5, 5.41) is 20.3. The van der Waals surface area contributed by atoms with Gasteiger partial charge in [0.15, 0.2) is 23.1 Å². The van der Waals surface area contributed by atoms with Gasteiger partial charge >= 0.3 is 0 Å². The number of furan rings is 1. The average Bonchev–Trinajstić information content (AvgIpc) is 1.50. The van der Waals surface area contributed by atoms with Gasteiger partial charge in [-0.2, -0.15) is 5.26 Å². The summed E-state index contributed by atoms with van der Waals surface area (Å²) in [6, 6.07) is 128. The van der Waals surface area contributed by atoms with Gasteiger partial charge in [-0.05, 0) is 140 Å². The number of nitrogens with zero attached hydrogens (tertiary/aromatic N) is 7. The van der Waals surface area contributed by atoms with E-state index in [9.17, 15) is 5.26 Å². The first-order valence-corrected chi connectivity index (χ1v) is 36.7. The average molecular weight is 1380 g/mol. The second kappa shape index (κ2) is 25.1. The zero-order chi connectivity index (χ0) is 71.5. The second-order valence-electron chi connectivity index (χ2n) is 28.0. The number of nitriles is 1. The molecule has 1 atom stereocenters. The maximum absolute atomic E-state index is 13.5. The van der Waals surface area contributed by atoms with Gasteiger partial charge in [-0.25, -0.2) is 15.0 Å². The molecule has 21 rings (SSSR count). The number of benzene rings is 15. The Morgan fingerprint density at radius 2 is 0.639 bits per heavy atom. The third kappa shape index (κ3) is 9.94. The van der Waals surface area contributed by atoms with E-state index in [-0.39, 0.29) is 5.92 Å². The van der Waals surface area contributed by atoms with Gasteiger partial charge in [-0.1, -0.05) is 292 Å². The molecule has 20 aromatic rings. The highest BCUT2D eigenvalue weighted by Crippen LogP contribution is 2.55. The topological polar surface area (TPSA) is 90.4 Å². The van der Waals surface area contributed by atoms with Crippen molar-refractivity contribution in [3.8, 4) is 113 Å². The van der Waals surface area contributed by atoms with Gasteiger partial charge in [-0.3, -0.25) is 0 Å². The summed E-state index contributed by atoms with van der Waals surface area (Å²) < 4.78 is 15.5. The molecule has 0 bridgehead atoms. The third-order valence-electron chi connectivity index (χ3n) is 22.0. The van der Waals surface area contributed by atoms with Crippen molar-refractivity contribution in [1.82, 2.24) is 28.7 Å². The fourth-order valence-corrected chi connectivity index (χ4v) is 17.0. The molecule has 15 aromatic carbocycles. The van der Waals surface area contributed by atoms with Crippen LogP contribution in [0, 0.1) is 11.3 Å². The first-order valence-electron chi connectivity index (χ1n) is 36.7. The SMILES string of the molecule is CC1C(c2ccccc2)=Cc2c1n(-c1c(C#N)c(-n3c4ccc(-c5ccccc5)cc4c4cc(-c5ccccc5)ccc43)c(-n3c4ccc(-c5ccccc5)cc4c4cc(-c5ccccc5)ccc43)c3oc4c(-c5nc(-c6ccccc6)nc(-c6ccccc6)n5)cccc4c13)c1ccc(-c3ccccc3)cc21. The van der Waals surface area contributed by atoms with Crippen LogP contribution in [0.4, 0.5) is 0 Å². The Labute approximate surface area is 622 Å². The largest absolute Gasteiger partial charge is 0.453 e. The smallest absolute Gasteiger partial charge is 0.167 e. The molecule has 5 aromatic heterocycles. The molecule has 504 valence electrons. The summed E-state index contributed by atoms with van der Waals surface area (Å²) in [7, 11) is 0. The third-order valence-corrected chi connectivity index (χ3v) is 22.0. The first-order chi connectivity index (χ1) is 53.5. The Morgan fingerprint density at radius 3 is 1.03 bits per heavy atom. The Bertz CT molecular complexity index is 6830. The zero-order valence-electron chi connectivity index (χ0n) is 58.7. The van der Waals surface area contributed by atoms with Gasteiger partial charge in [0.05, 0.1) is 49.9 Å². The van der Waals surface area contributed by atoms with E-state index >= 15 is 0 Å². The van der Waals surface area contributed by atoms with Crippen LogP contribution in [0.5, 0.6) is 0 Å². The molecule has 8 heteroatoms. The molecule has 0 N–H and O–H groups in total. The van der Waals surface area contributed by atoms with Crippen molar-refractivity contribution in [3.63, 3.8) is 0 Å². The molecule has 0 aliphatic heterocycles. The van der Waals surface area contributed by atoms with Gasteiger partial charge < -0.3 is 18.1 Å². The van der Waals surface area contributed by atoms with Crippen LogP contribution in [0.1, 0.15) is 35.2 Å². The highest BCUT2D eigenvalue weighted by Gasteiger charge is 2.37. The summed E-state index contributed by atoms with van der Waals surface area (Å²) in [6.45, 7) is 2.32. The van der Waals surface area contributed by atoms with Crippen LogP contribution in [0.15, 0.2) is 356 Å². The Morgan fingerprint density at radius 1 is 0.296 bits per heavy atom. The van der Waals surface area contributed by atoms with E-state index in [2.05, 4.69) is 324 Å². The quantitative estimate of drug-likeness (QED) is 0.122. The van der Waals surface area contributed by atoms with Crippen LogP contribution in [-0.4, -0.2) is 28.7 Å². The van der Waals surface area contributed by atoms with Crippen LogP contribution in [0.3, 0.4) is 0 Å². The van der Waals surface area contributed by atoms with Crippen molar-refractivity contribution < 1.29 is 4.42 Å². The number of allylic oxidation sites excluding steroid dienone is 1. The van der Waals surface area contributed by atoms with Crippen molar-refractivity contribution in [2.75, 3.05) is 0 Å². The first kappa shape index (κ1) is 62.1. The van der Waals surface area contributed by atoms with Crippen LogP contribution in [0.25, 0.3) is 195 Å². The lowest BCUT2D eigenvalue weighted by molar-refractivity contribution is 0.666. The maximum Gasteiger partial charge on any atom is 0.167 e. The van der Waals surface area contributed by atoms with E-state index in [4.69, 9.17) is 19.4 Å². The number of fused-ring (bicyclic) bond motifs is 12. The lowest BCUT2D eigenvalue weighted by Gasteiger charge is -2.24. The molecule has 0 saturated heterocycles. The summed E-state index contributed by atoms with van der Waals surface area (Å²) >= 11 is 0. The molecule has 8 nitrogen and oxygen atoms in total. The monoisotopic (exact) mass is 1380 g/mol. The number of hydrogen-bond donors (Lipinski definition) is 0. The number of para-hydroxylation sites is 1. The fraction of sp³-hybridized carbons (Fsp3) is 0.0200. The molecule has 1 aliphatic carbocycles. The minimum Gasteiger partial charge on any atom is -0.453 e. The number of rotatable bonds is 12. The fourth-order valence-electron chi connectivity index (χ4n) is 17.0. The Balaban J connectivity index is 0.981. The predicted molar refractivity (Wildman–Crippen MR) is 444 cm³/mol. The molecule has 0 spiro atoms. The number of aromatic nitrogens is 6. The van der Waals surface area contributed by atoms with Crippen molar-refractivity contribution in [2.45, 2.75) is 12.8 Å². The summed E-state index contributed by atoms with van der Waals surface area (Å²) in [4.78, 5) is 16.1. The predicted octanol–water partition coefficient (Wildman–Crippen LogP) is 25.8. The van der Waals surface area contributed by atoms with Crippen LogP contribution < -0.4 is 0 Å². The second-order valence-corrected chi connectivity index (χ2v) is 28.0. The molecule has 0 fully saturated rings. The zero-order valence-corrected chi connectivity index (χ0v) is 58.7. The van der Waals surface area contributed by atoms with E-state index in [1.165, 1.54) is 5.57 Å². The molecular formula is C100H63N7O. The number of hydrogen-bond acceptors (Lipinski definition) is 5. The van der Waals surface area contributed by atoms with Crippen molar-refractivity contribution in [3.05, 3.63) is 374 Å². The molecular weight excluding hydrogens is 1320 g/mol. The maximum atomic E-state index is 13.5. The Kier molecular flexibility index (Phi) is 14.4. The molecule has 1 aliphatic rings. The van der Waals surface area contributed by atoms with Crippen molar-refractivity contribution in [2.24, 2.45) is 0 Å². The van der Waals surface area contributed by atoms with Crippen molar-refractivity contribution >= 4 is 88.1 Å². The van der Waals surface area contributed by atoms with Gasteiger partial charge in [0.1, 0.15) is 22.9 Å². The van der Waals surface area contributed by atoms with E-state index < -0.39 is 0 Å². The highest BCUT2D eigenvalue weighted by molar-refractivity contribution is 6.22. The molecule has 0 radical (unpaired) electrons. The minimum atomic E-state index is -0.164. The highest BCUT2D eigenvalue weighted by atomic mass is 16.3. The molecule has 5 heterocycles. The standard InChI is InChI=1S/C100H63N7O/c1-62-78(68-37-20-7-21-38-68)60-84-83-59-75(67-35-18-6-19-36-67)49-54-90(83)107(92(62)84)93-85(61-101)94(105-86-50-45-71(63-27-10-2-11-28-63)55-79(86)80-56-72(46-51-87(80)105)64-29-12-3-13-30-64)95(106-88-52-47-73(65-31-14-4-15-32-65)57-81(88)82-58-74(48-53-89(82)106)66-33-16-5-17-34-66)97-91(93)76-43-26-44-77(96(76)108-97)100-103-98(69-39-22-8-23-40-69)102-99(104-100)70-41-24-9-25-42-70/h2-60,62H,1H3. The van der Waals surface area contributed by atoms with Crippen LogP contribution in [-0.2, 0) is 0 Å². The lowest BCUT2D eigenvalue weighted by Crippen LogP contribution is -2.12. The lowest BCUT2D eigenvalue weighted by atomic mass is 9.95.